The van der Waals surface area contributed by atoms with Crippen LogP contribution in [0.2, 0.25) is 0 Å². The number of carbonyl (C=O) groups excluding carboxylic acids is 1. The Hall–Kier alpha value is -3.45. The number of ether oxygens (including phenoxy) is 2. The molecule has 1 amide bonds. The van der Waals surface area contributed by atoms with Crippen LogP contribution in [0.1, 0.15) is 16.1 Å². The molecule has 0 bridgehead atoms. The fourth-order valence-corrected chi connectivity index (χ4v) is 2.67. The number of amides is 1. The number of nitrogens with two attached hydrogens (primary N) is 1. The number of halogens is 3. The van der Waals surface area contributed by atoms with Gasteiger partial charge in [0.25, 0.3) is 5.91 Å². The van der Waals surface area contributed by atoms with Gasteiger partial charge in [0.05, 0.1) is 19.4 Å². The smallest absolute Gasteiger partial charge is 0.433 e. The summed E-state index contributed by atoms with van der Waals surface area (Å²) in [5, 5.41) is 6.39. The average Bonchev–Trinajstić information content (AvgIpc) is 3.05. The molecule has 0 aliphatic rings. The van der Waals surface area contributed by atoms with Crippen LogP contribution in [-0.2, 0) is 10.9 Å². The lowest BCUT2D eigenvalue weighted by atomic mass is 10.2. The quantitative estimate of drug-likeness (QED) is 0.472. The highest BCUT2D eigenvalue weighted by Gasteiger charge is 2.33. The molecule has 0 saturated carbocycles. The Bertz CT molecular complexity index is 1090. The van der Waals surface area contributed by atoms with Gasteiger partial charge in [-0.15, -0.1) is 5.10 Å². The third-order valence-corrected chi connectivity index (χ3v) is 4.23. The third-order valence-electron chi connectivity index (χ3n) is 4.23. The third kappa shape index (κ3) is 5.62. The first kappa shape index (κ1) is 23.2. The molecule has 0 aliphatic heterocycles. The Morgan fingerprint density at radius 3 is 2.75 bits per heavy atom. The first-order chi connectivity index (χ1) is 15.2. The summed E-state index contributed by atoms with van der Waals surface area (Å²) >= 11 is 0. The lowest BCUT2D eigenvalue weighted by Gasteiger charge is -2.13. The highest BCUT2D eigenvalue weighted by Crippen LogP contribution is 2.29. The average molecular weight is 453 g/mol. The normalized spacial score (nSPS) is 11.8. The van der Waals surface area contributed by atoms with Gasteiger partial charge in [-0.1, -0.05) is 0 Å². The summed E-state index contributed by atoms with van der Waals surface area (Å²) < 4.78 is 51.2. The summed E-state index contributed by atoms with van der Waals surface area (Å²) in [7, 11) is 3.86. The Kier molecular flexibility index (Phi) is 7.10. The molecule has 32 heavy (non-hydrogen) atoms. The highest BCUT2D eigenvalue weighted by molar-refractivity contribution is 6.12. The molecule has 13 heteroatoms. The fraction of sp³-hybridized carbons (Fsp3) is 0.368. The number of hydrogen-bond acceptors (Lipinski definition) is 8. The molecule has 3 aromatic rings. The highest BCUT2D eigenvalue weighted by atomic mass is 19.4. The lowest BCUT2D eigenvalue weighted by molar-refractivity contribution is -0.141. The van der Waals surface area contributed by atoms with Crippen LogP contribution in [0.5, 0.6) is 5.75 Å². The van der Waals surface area contributed by atoms with Gasteiger partial charge >= 0.3 is 6.18 Å². The first-order valence-corrected chi connectivity index (χ1v) is 9.49. The minimum absolute atomic E-state index is 0.205. The van der Waals surface area contributed by atoms with E-state index in [0.717, 1.165) is 23.3 Å². The van der Waals surface area contributed by atoms with Crippen molar-refractivity contribution >= 4 is 23.1 Å². The van der Waals surface area contributed by atoms with E-state index >= 15 is 0 Å². The SMILES string of the molecule is CN(C)CCOCCOc1ccncc1NC(=O)c1c(N)nn2ccc(C(F)(F)F)nc12. The standard InChI is InChI=1S/C19H22F3N7O3/c1-28(2)7-8-31-9-10-32-13-3-5-24-11-12(13)25-18(30)15-16(23)27-29-6-4-14(19(20,21)22)26-17(15)29/h3-6,11H,7-10H2,1-2H3,(H2,23,27)(H,25,30). The van der Waals surface area contributed by atoms with Crippen molar-refractivity contribution in [2.75, 3.05) is 51.5 Å². The van der Waals surface area contributed by atoms with Gasteiger partial charge < -0.3 is 25.4 Å². The van der Waals surface area contributed by atoms with Crippen molar-refractivity contribution in [1.29, 1.82) is 0 Å². The number of anilines is 2. The fourth-order valence-electron chi connectivity index (χ4n) is 2.67. The molecular weight excluding hydrogens is 431 g/mol. The maximum Gasteiger partial charge on any atom is 0.433 e. The number of nitrogens with zero attached hydrogens (tertiary/aromatic N) is 5. The molecule has 0 aromatic carbocycles. The van der Waals surface area contributed by atoms with Gasteiger partial charge in [0, 0.05) is 25.0 Å². The number of likely N-dealkylation sites (N-methyl/N-ethyl adjacent to an activating group) is 1. The number of hydrogen-bond donors (Lipinski definition) is 2. The number of nitrogens with one attached hydrogen (secondary N) is 1. The maximum absolute atomic E-state index is 13.0. The van der Waals surface area contributed by atoms with Crippen molar-refractivity contribution in [3.05, 3.63) is 42.0 Å². The van der Waals surface area contributed by atoms with Gasteiger partial charge in [0.15, 0.2) is 11.5 Å². The summed E-state index contributed by atoms with van der Waals surface area (Å²) in [6.45, 7) is 1.85. The molecule has 3 heterocycles. The molecule has 0 radical (unpaired) electrons. The maximum atomic E-state index is 13.0. The van der Waals surface area contributed by atoms with Crippen molar-refractivity contribution in [3.63, 3.8) is 0 Å². The second-order valence-corrected chi connectivity index (χ2v) is 6.93. The van der Waals surface area contributed by atoms with Crippen molar-refractivity contribution in [2.24, 2.45) is 0 Å². The van der Waals surface area contributed by atoms with Crippen LogP contribution in [-0.4, -0.2) is 70.8 Å². The summed E-state index contributed by atoms with van der Waals surface area (Å²) in [5.41, 5.74) is 4.19. The molecule has 0 spiro atoms. The van der Waals surface area contributed by atoms with E-state index in [4.69, 9.17) is 15.2 Å². The molecule has 3 aromatic heterocycles. The Morgan fingerprint density at radius 2 is 2.03 bits per heavy atom. The molecule has 3 rings (SSSR count). The summed E-state index contributed by atoms with van der Waals surface area (Å²) in [6, 6.07) is 2.28. The Balaban J connectivity index is 1.74. The summed E-state index contributed by atoms with van der Waals surface area (Å²) in [5.74, 6) is -0.761. The lowest BCUT2D eigenvalue weighted by Crippen LogP contribution is -2.20. The number of nitrogen functional groups attached to an aromatic ring is 1. The van der Waals surface area contributed by atoms with E-state index in [-0.39, 0.29) is 29.3 Å². The van der Waals surface area contributed by atoms with Crippen LogP contribution in [0.15, 0.2) is 30.7 Å². The van der Waals surface area contributed by atoms with E-state index < -0.39 is 17.8 Å². The van der Waals surface area contributed by atoms with Gasteiger partial charge in [-0.05, 0) is 20.2 Å². The monoisotopic (exact) mass is 453 g/mol. The predicted molar refractivity (Wildman–Crippen MR) is 109 cm³/mol. The second kappa shape index (κ2) is 9.78. The van der Waals surface area contributed by atoms with Gasteiger partial charge in [0.2, 0.25) is 0 Å². The molecule has 0 fully saturated rings. The van der Waals surface area contributed by atoms with Crippen LogP contribution in [0, 0.1) is 0 Å². The van der Waals surface area contributed by atoms with Crippen molar-refractivity contribution < 1.29 is 27.4 Å². The number of carbonyl (C=O) groups is 1. The van der Waals surface area contributed by atoms with E-state index in [1.54, 1.807) is 0 Å². The molecule has 0 aliphatic carbocycles. The molecule has 0 unspecified atom stereocenters. The van der Waals surface area contributed by atoms with Crippen LogP contribution in [0.4, 0.5) is 24.7 Å². The zero-order valence-corrected chi connectivity index (χ0v) is 17.4. The van der Waals surface area contributed by atoms with Crippen LogP contribution in [0.3, 0.4) is 0 Å². The summed E-state index contributed by atoms with van der Waals surface area (Å²) in [4.78, 5) is 22.3. The van der Waals surface area contributed by atoms with Crippen LogP contribution in [0.25, 0.3) is 5.65 Å². The number of alkyl halides is 3. The van der Waals surface area contributed by atoms with Gasteiger partial charge in [-0.25, -0.2) is 9.50 Å². The van der Waals surface area contributed by atoms with Crippen LogP contribution < -0.4 is 15.8 Å². The van der Waals surface area contributed by atoms with E-state index in [0.29, 0.717) is 19.0 Å². The van der Waals surface area contributed by atoms with Gasteiger partial charge in [-0.3, -0.25) is 9.78 Å². The van der Waals surface area contributed by atoms with E-state index in [2.05, 4.69) is 20.4 Å². The molecule has 3 N–H and O–H groups in total. The van der Waals surface area contributed by atoms with Gasteiger partial charge in [0.1, 0.15) is 29.3 Å². The van der Waals surface area contributed by atoms with E-state index in [1.165, 1.54) is 18.5 Å². The van der Waals surface area contributed by atoms with Crippen molar-refractivity contribution in [2.45, 2.75) is 6.18 Å². The van der Waals surface area contributed by atoms with Gasteiger partial charge in [-0.2, -0.15) is 13.2 Å². The molecule has 10 nitrogen and oxygen atoms in total. The Morgan fingerprint density at radius 1 is 1.25 bits per heavy atom. The minimum Gasteiger partial charge on any atom is -0.489 e. The summed E-state index contributed by atoms with van der Waals surface area (Å²) in [6.07, 6.45) is -0.837. The van der Waals surface area contributed by atoms with Crippen LogP contribution >= 0.6 is 0 Å². The number of fused-ring (bicyclic) bond motifs is 1. The number of pyridine rings is 1. The first-order valence-electron chi connectivity index (χ1n) is 9.49. The number of rotatable bonds is 9. The predicted octanol–water partition coefficient (Wildman–Crippen LogP) is 1.93. The molecule has 172 valence electrons. The molecular formula is C19H22F3N7O3. The zero-order chi connectivity index (χ0) is 23.3. The Labute approximate surface area is 181 Å². The number of aromatic nitrogens is 4. The van der Waals surface area contributed by atoms with E-state index in [1.807, 2.05) is 19.0 Å². The van der Waals surface area contributed by atoms with Crippen molar-refractivity contribution in [3.8, 4) is 5.75 Å². The second-order valence-electron chi connectivity index (χ2n) is 6.93. The molecule has 0 atom stereocenters. The molecule has 0 saturated heterocycles. The van der Waals surface area contributed by atoms with Crippen molar-refractivity contribution in [1.82, 2.24) is 24.5 Å². The van der Waals surface area contributed by atoms with E-state index in [9.17, 15) is 18.0 Å². The topological polar surface area (TPSA) is 120 Å². The largest absolute Gasteiger partial charge is 0.489 e. The minimum atomic E-state index is -4.69. The zero-order valence-electron chi connectivity index (χ0n) is 17.4.